The summed E-state index contributed by atoms with van der Waals surface area (Å²) in [5.74, 6) is 1.14. The van der Waals surface area contributed by atoms with Crippen LogP contribution in [-0.2, 0) is 17.7 Å². The third-order valence-electron chi connectivity index (χ3n) is 2.98. The van der Waals surface area contributed by atoms with Gasteiger partial charge in [0.15, 0.2) is 0 Å². The Balaban J connectivity index is 1.68. The fourth-order valence-corrected chi connectivity index (χ4v) is 3.44. The Kier molecular flexibility index (Phi) is 7.15. The van der Waals surface area contributed by atoms with Crippen LogP contribution in [0.25, 0.3) is 0 Å². The number of benzene rings is 1. The third kappa shape index (κ3) is 5.67. The first-order valence-corrected chi connectivity index (χ1v) is 8.74. The van der Waals surface area contributed by atoms with Gasteiger partial charge in [-0.3, -0.25) is 0 Å². The molecule has 0 aliphatic carbocycles. The second-order valence-corrected chi connectivity index (χ2v) is 6.49. The van der Waals surface area contributed by atoms with E-state index in [0.717, 1.165) is 31.9 Å². The van der Waals surface area contributed by atoms with Gasteiger partial charge >= 0.3 is 0 Å². The zero-order valence-electron chi connectivity index (χ0n) is 11.8. The van der Waals surface area contributed by atoms with E-state index in [2.05, 4.69) is 46.4 Å². The summed E-state index contributed by atoms with van der Waals surface area (Å²) in [6, 6.07) is 11.0. The fraction of sp³-hybridized carbons (Fsp3) is 0.375. The maximum atomic E-state index is 5.01. The van der Waals surface area contributed by atoms with Gasteiger partial charge in [0, 0.05) is 30.8 Å². The quantitative estimate of drug-likeness (QED) is 0.562. The molecule has 108 valence electrons. The Labute approximate surface area is 129 Å². The Bertz CT molecular complexity index is 468. The van der Waals surface area contributed by atoms with Crippen LogP contribution in [0.15, 0.2) is 46.0 Å². The number of rotatable bonds is 9. The molecule has 0 saturated carbocycles. The molecule has 0 aliphatic heterocycles. The minimum absolute atomic E-state index is 0.760. The van der Waals surface area contributed by atoms with Gasteiger partial charge in [-0.05, 0) is 46.5 Å². The lowest BCUT2D eigenvalue weighted by molar-refractivity contribution is 0.199. The SMILES string of the molecule is COCCNCc1ccc(SCCc2ccsc2)cc1. The molecule has 0 fully saturated rings. The lowest BCUT2D eigenvalue weighted by atomic mass is 10.2. The molecule has 1 aromatic heterocycles. The Morgan fingerprint density at radius 3 is 2.70 bits per heavy atom. The molecule has 0 atom stereocenters. The van der Waals surface area contributed by atoms with Gasteiger partial charge in [0.1, 0.15) is 0 Å². The highest BCUT2D eigenvalue weighted by Crippen LogP contribution is 2.20. The van der Waals surface area contributed by atoms with Crippen LogP contribution in [0.2, 0.25) is 0 Å². The minimum atomic E-state index is 0.760. The monoisotopic (exact) mass is 307 g/mol. The Hall–Kier alpha value is -0.810. The zero-order valence-corrected chi connectivity index (χ0v) is 13.4. The van der Waals surface area contributed by atoms with E-state index in [9.17, 15) is 0 Å². The summed E-state index contributed by atoms with van der Waals surface area (Å²) in [5, 5.41) is 7.73. The van der Waals surface area contributed by atoms with Crippen LogP contribution < -0.4 is 5.32 Å². The lowest BCUT2D eigenvalue weighted by Crippen LogP contribution is -2.18. The first-order valence-electron chi connectivity index (χ1n) is 6.81. The zero-order chi connectivity index (χ0) is 14.0. The molecule has 2 nitrogen and oxygen atoms in total. The molecule has 4 heteroatoms. The van der Waals surface area contributed by atoms with Crippen molar-refractivity contribution in [3.63, 3.8) is 0 Å². The van der Waals surface area contributed by atoms with E-state index < -0.39 is 0 Å². The molecule has 0 unspecified atom stereocenters. The molecule has 2 aromatic rings. The smallest absolute Gasteiger partial charge is 0.0587 e. The summed E-state index contributed by atoms with van der Waals surface area (Å²) >= 11 is 3.70. The highest BCUT2D eigenvalue weighted by Gasteiger charge is 1.98. The first-order chi connectivity index (χ1) is 9.88. The van der Waals surface area contributed by atoms with Crippen LogP contribution in [0.4, 0.5) is 0 Å². The molecular formula is C16H21NOS2. The van der Waals surface area contributed by atoms with E-state index in [1.807, 2.05) is 11.8 Å². The summed E-state index contributed by atoms with van der Waals surface area (Å²) in [6.45, 7) is 2.56. The molecule has 2 rings (SSSR count). The van der Waals surface area contributed by atoms with Crippen molar-refractivity contribution >= 4 is 23.1 Å². The highest BCUT2D eigenvalue weighted by molar-refractivity contribution is 7.99. The number of thiophene rings is 1. The highest BCUT2D eigenvalue weighted by atomic mass is 32.2. The summed E-state index contributed by atoms with van der Waals surface area (Å²) in [7, 11) is 1.73. The number of thioether (sulfide) groups is 1. The standard InChI is InChI=1S/C16H21NOS2/c1-18-9-8-17-12-14-2-4-16(5-3-14)20-11-7-15-6-10-19-13-15/h2-6,10,13,17H,7-9,11-12H2,1H3. The second kappa shape index (κ2) is 9.19. The normalized spacial score (nSPS) is 10.8. The fourth-order valence-electron chi connectivity index (χ4n) is 1.83. The molecule has 0 radical (unpaired) electrons. The predicted octanol–water partition coefficient (Wildman–Crippen LogP) is 3.82. The van der Waals surface area contributed by atoms with Crippen molar-refractivity contribution in [2.45, 2.75) is 17.9 Å². The van der Waals surface area contributed by atoms with E-state index in [1.54, 1.807) is 18.4 Å². The molecule has 0 bridgehead atoms. The molecule has 20 heavy (non-hydrogen) atoms. The Morgan fingerprint density at radius 1 is 1.15 bits per heavy atom. The molecule has 1 aromatic carbocycles. The van der Waals surface area contributed by atoms with Crippen molar-refractivity contribution in [1.82, 2.24) is 5.32 Å². The van der Waals surface area contributed by atoms with Crippen molar-refractivity contribution < 1.29 is 4.74 Å². The molecule has 0 spiro atoms. The van der Waals surface area contributed by atoms with Crippen LogP contribution in [-0.4, -0.2) is 26.0 Å². The van der Waals surface area contributed by atoms with Gasteiger partial charge in [-0.1, -0.05) is 12.1 Å². The maximum absolute atomic E-state index is 5.01. The van der Waals surface area contributed by atoms with Gasteiger partial charge < -0.3 is 10.1 Å². The maximum Gasteiger partial charge on any atom is 0.0587 e. The second-order valence-electron chi connectivity index (χ2n) is 4.54. The Morgan fingerprint density at radius 2 is 2.00 bits per heavy atom. The number of aryl methyl sites for hydroxylation is 1. The van der Waals surface area contributed by atoms with Crippen molar-refractivity contribution in [2.24, 2.45) is 0 Å². The third-order valence-corrected chi connectivity index (χ3v) is 4.72. The molecule has 1 N–H and O–H groups in total. The minimum Gasteiger partial charge on any atom is -0.383 e. The number of methoxy groups -OCH3 is 1. The van der Waals surface area contributed by atoms with Gasteiger partial charge in [0.25, 0.3) is 0 Å². The van der Waals surface area contributed by atoms with Gasteiger partial charge in [-0.25, -0.2) is 0 Å². The van der Waals surface area contributed by atoms with E-state index in [-0.39, 0.29) is 0 Å². The van der Waals surface area contributed by atoms with Crippen molar-refractivity contribution in [2.75, 3.05) is 26.0 Å². The van der Waals surface area contributed by atoms with E-state index >= 15 is 0 Å². The largest absolute Gasteiger partial charge is 0.383 e. The van der Waals surface area contributed by atoms with Crippen LogP contribution in [0.3, 0.4) is 0 Å². The predicted molar refractivity (Wildman–Crippen MR) is 88.8 cm³/mol. The van der Waals surface area contributed by atoms with E-state index in [0.29, 0.717) is 0 Å². The topological polar surface area (TPSA) is 21.3 Å². The van der Waals surface area contributed by atoms with Crippen LogP contribution in [0.1, 0.15) is 11.1 Å². The number of nitrogens with one attached hydrogen (secondary N) is 1. The van der Waals surface area contributed by atoms with Gasteiger partial charge in [0.2, 0.25) is 0 Å². The van der Waals surface area contributed by atoms with E-state index in [4.69, 9.17) is 4.74 Å². The lowest BCUT2D eigenvalue weighted by Gasteiger charge is -2.06. The molecular weight excluding hydrogens is 286 g/mol. The van der Waals surface area contributed by atoms with Crippen LogP contribution >= 0.6 is 23.1 Å². The summed E-state index contributed by atoms with van der Waals surface area (Å²) in [5.41, 5.74) is 2.77. The van der Waals surface area contributed by atoms with Gasteiger partial charge in [0.05, 0.1) is 6.61 Å². The van der Waals surface area contributed by atoms with Crippen molar-refractivity contribution in [3.8, 4) is 0 Å². The molecule has 0 saturated heterocycles. The summed E-state index contributed by atoms with van der Waals surface area (Å²) in [4.78, 5) is 1.35. The average molecular weight is 307 g/mol. The van der Waals surface area contributed by atoms with Crippen LogP contribution in [0, 0.1) is 0 Å². The average Bonchev–Trinajstić information content (AvgIpc) is 2.98. The van der Waals surface area contributed by atoms with Crippen molar-refractivity contribution in [3.05, 3.63) is 52.2 Å². The molecule has 0 aliphatic rings. The molecule has 0 amide bonds. The summed E-state index contributed by atoms with van der Waals surface area (Å²) in [6.07, 6.45) is 1.15. The molecule has 1 heterocycles. The number of ether oxygens (including phenoxy) is 1. The summed E-state index contributed by atoms with van der Waals surface area (Å²) < 4.78 is 5.01. The van der Waals surface area contributed by atoms with Crippen LogP contribution in [0.5, 0.6) is 0 Å². The van der Waals surface area contributed by atoms with Gasteiger partial charge in [-0.2, -0.15) is 11.3 Å². The number of hydrogen-bond donors (Lipinski definition) is 1. The first kappa shape index (κ1) is 15.6. The van der Waals surface area contributed by atoms with Crippen molar-refractivity contribution in [1.29, 1.82) is 0 Å². The number of hydrogen-bond acceptors (Lipinski definition) is 4. The van der Waals surface area contributed by atoms with Gasteiger partial charge in [-0.15, -0.1) is 11.8 Å². The van der Waals surface area contributed by atoms with E-state index in [1.165, 1.54) is 16.0 Å².